The van der Waals surface area contributed by atoms with Gasteiger partial charge in [0.05, 0.1) is 10.4 Å². The SMILES string of the molecule is CC1(C)CC2CC(C)(CN2c2ncnc(-n3nnc4ccccc43)c2[N+](=O)[O-])C1. The van der Waals surface area contributed by atoms with Crippen molar-refractivity contribution in [2.45, 2.75) is 46.1 Å². The van der Waals surface area contributed by atoms with Crippen molar-refractivity contribution in [2.24, 2.45) is 10.8 Å². The topological polar surface area (TPSA) is 103 Å². The van der Waals surface area contributed by atoms with Crippen LogP contribution in [0.25, 0.3) is 16.9 Å². The van der Waals surface area contributed by atoms with Crippen LogP contribution in [0.1, 0.15) is 40.0 Å². The molecule has 2 bridgehead atoms. The number of hydrogen-bond donors (Lipinski definition) is 0. The minimum Gasteiger partial charge on any atom is -0.347 e. The van der Waals surface area contributed by atoms with Crippen molar-refractivity contribution in [1.82, 2.24) is 25.0 Å². The lowest BCUT2D eigenvalue weighted by Crippen LogP contribution is -2.35. The summed E-state index contributed by atoms with van der Waals surface area (Å²) in [6, 6.07) is 7.58. The molecular formula is C20H23N7O2. The second-order valence-corrected chi connectivity index (χ2v) is 9.46. The summed E-state index contributed by atoms with van der Waals surface area (Å²) in [5.41, 5.74) is 1.56. The second kappa shape index (κ2) is 5.95. The van der Waals surface area contributed by atoms with Crippen LogP contribution in [0.4, 0.5) is 11.5 Å². The Morgan fingerprint density at radius 3 is 2.69 bits per heavy atom. The van der Waals surface area contributed by atoms with Crippen LogP contribution in [-0.4, -0.2) is 42.5 Å². The Morgan fingerprint density at radius 2 is 1.90 bits per heavy atom. The highest BCUT2D eigenvalue weighted by molar-refractivity contribution is 5.78. The summed E-state index contributed by atoms with van der Waals surface area (Å²) in [5.74, 6) is 0.533. The van der Waals surface area contributed by atoms with E-state index in [0.717, 1.165) is 25.8 Å². The van der Waals surface area contributed by atoms with Gasteiger partial charge < -0.3 is 4.90 Å². The molecule has 9 heteroatoms. The maximum absolute atomic E-state index is 12.2. The average molecular weight is 393 g/mol. The zero-order valence-electron chi connectivity index (χ0n) is 16.7. The molecule has 1 aliphatic carbocycles. The molecule has 9 nitrogen and oxygen atoms in total. The number of anilines is 1. The Kier molecular flexibility index (Phi) is 3.68. The second-order valence-electron chi connectivity index (χ2n) is 9.46. The van der Waals surface area contributed by atoms with Gasteiger partial charge in [-0.05, 0) is 42.2 Å². The van der Waals surface area contributed by atoms with E-state index in [1.807, 2.05) is 24.3 Å². The van der Waals surface area contributed by atoms with Crippen molar-refractivity contribution < 1.29 is 4.92 Å². The van der Waals surface area contributed by atoms with Crippen LogP contribution in [-0.2, 0) is 0 Å². The molecule has 0 N–H and O–H groups in total. The summed E-state index contributed by atoms with van der Waals surface area (Å²) in [5, 5.41) is 20.4. The number of nitrogens with zero attached hydrogens (tertiary/aromatic N) is 7. The maximum Gasteiger partial charge on any atom is 0.355 e. The van der Waals surface area contributed by atoms with Crippen LogP contribution in [0.5, 0.6) is 0 Å². The van der Waals surface area contributed by atoms with Crippen molar-refractivity contribution in [2.75, 3.05) is 11.4 Å². The minimum atomic E-state index is -0.392. The molecule has 1 aliphatic heterocycles. The Balaban J connectivity index is 1.66. The lowest BCUT2D eigenvalue weighted by molar-refractivity contribution is -0.384. The standard InChI is InChI=1S/C20H23N7O2/c1-19(2)8-13-9-20(3,10-19)11-25(13)17-16(27(28)29)18(22-12-21-17)26-15-7-5-4-6-14(15)23-24-26/h4-7,12-13H,8-11H2,1-3H3. The first-order valence-electron chi connectivity index (χ1n) is 9.83. The highest BCUT2D eigenvalue weighted by atomic mass is 16.6. The van der Waals surface area contributed by atoms with Gasteiger partial charge >= 0.3 is 5.69 Å². The third-order valence-electron chi connectivity index (χ3n) is 6.21. The van der Waals surface area contributed by atoms with Gasteiger partial charge in [-0.2, -0.15) is 4.68 Å². The molecule has 2 unspecified atom stereocenters. The van der Waals surface area contributed by atoms with Gasteiger partial charge in [-0.15, -0.1) is 5.10 Å². The third kappa shape index (κ3) is 2.83. The molecule has 5 rings (SSSR count). The molecule has 2 fully saturated rings. The first-order valence-corrected chi connectivity index (χ1v) is 9.83. The number of benzene rings is 1. The van der Waals surface area contributed by atoms with Gasteiger partial charge in [0, 0.05) is 12.6 Å². The zero-order valence-corrected chi connectivity index (χ0v) is 16.7. The molecule has 1 saturated heterocycles. The van der Waals surface area contributed by atoms with Crippen LogP contribution in [0.15, 0.2) is 30.6 Å². The van der Waals surface area contributed by atoms with E-state index in [2.05, 4.69) is 46.0 Å². The summed E-state index contributed by atoms with van der Waals surface area (Å²) in [4.78, 5) is 22.5. The number of nitro groups is 1. The van der Waals surface area contributed by atoms with E-state index in [4.69, 9.17) is 0 Å². The summed E-state index contributed by atoms with van der Waals surface area (Å²) in [6.45, 7) is 7.60. The van der Waals surface area contributed by atoms with E-state index >= 15 is 0 Å². The molecule has 2 atom stereocenters. The van der Waals surface area contributed by atoms with Crippen LogP contribution < -0.4 is 4.90 Å². The van der Waals surface area contributed by atoms with Gasteiger partial charge in [0.1, 0.15) is 11.8 Å². The molecule has 2 aliphatic rings. The predicted octanol–water partition coefficient (Wildman–Crippen LogP) is 3.52. The third-order valence-corrected chi connectivity index (χ3v) is 6.21. The number of fused-ring (bicyclic) bond motifs is 3. The highest BCUT2D eigenvalue weighted by Gasteiger charge is 2.51. The summed E-state index contributed by atoms with van der Waals surface area (Å²) in [6.07, 6.45) is 4.51. The number of aromatic nitrogens is 5. The van der Waals surface area contributed by atoms with Crippen molar-refractivity contribution in [3.8, 4) is 5.82 Å². The molecule has 2 aromatic heterocycles. The number of para-hydroxylation sites is 1. The molecule has 1 saturated carbocycles. The quantitative estimate of drug-likeness (QED) is 0.495. The van der Waals surface area contributed by atoms with Crippen molar-refractivity contribution in [1.29, 1.82) is 0 Å². The summed E-state index contributed by atoms with van der Waals surface area (Å²) >= 11 is 0. The number of rotatable bonds is 3. The molecule has 1 aromatic carbocycles. The first kappa shape index (κ1) is 18.0. The van der Waals surface area contributed by atoms with E-state index in [9.17, 15) is 10.1 Å². The van der Waals surface area contributed by atoms with Crippen molar-refractivity contribution >= 4 is 22.5 Å². The predicted molar refractivity (Wildman–Crippen MR) is 108 cm³/mol. The fourth-order valence-corrected chi connectivity index (χ4v) is 5.62. The van der Waals surface area contributed by atoms with Gasteiger partial charge in [-0.1, -0.05) is 38.1 Å². The van der Waals surface area contributed by atoms with Crippen LogP contribution >= 0.6 is 0 Å². The Hall–Kier alpha value is -3.10. The van der Waals surface area contributed by atoms with E-state index in [1.54, 1.807) is 0 Å². The van der Waals surface area contributed by atoms with Crippen molar-refractivity contribution in [3.05, 3.63) is 40.7 Å². The fraction of sp³-hybridized carbons (Fsp3) is 0.500. The molecule has 0 spiro atoms. The Morgan fingerprint density at radius 1 is 1.14 bits per heavy atom. The Labute approximate surface area is 167 Å². The van der Waals surface area contributed by atoms with Gasteiger partial charge in [-0.25, -0.2) is 9.97 Å². The summed E-state index contributed by atoms with van der Waals surface area (Å²) < 4.78 is 1.44. The zero-order chi connectivity index (χ0) is 20.4. The van der Waals surface area contributed by atoms with E-state index in [-0.39, 0.29) is 28.4 Å². The molecular weight excluding hydrogens is 370 g/mol. The van der Waals surface area contributed by atoms with Gasteiger partial charge in [-0.3, -0.25) is 10.1 Å². The van der Waals surface area contributed by atoms with E-state index in [0.29, 0.717) is 16.9 Å². The smallest absolute Gasteiger partial charge is 0.347 e. The largest absolute Gasteiger partial charge is 0.355 e. The maximum atomic E-state index is 12.2. The van der Waals surface area contributed by atoms with Gasteiger partial charge in [0.15, 0.2) is 0 Å². The minimum absolute atomic E-state index is 0.114. The molecule has 0 radical (unpaired) electrons. The molecule has 3 heterocycles. The van der Waals surface area contributed by atoms with Crippen LogP contribution in [0, 0.1) is 20.9 Å². The molecule has 3 aromatic rings. The van der Waals surface area contributed by atoms with Gasteiger partial charge in [0.2, 0.25) is 11.6 Å². The normalized spacial score (nSPS) is 25.5. The Bertz CT molecular complexity index is 1120. The van der Waals surface area contributed by atoms with Crippen molar-refractivity contribution in [3.63, 3.8) is 0 Å². The monoisotopic (exact) mass is 393 g/mol. The fourth-order valence-electron chi connectivity index (χ4n) is 5.62. The molecule has 150 valence electrons. The lowest BCUT2D eigenvalue weighted by atomic mass is 9.65. The first-order chi connectivity index (χ1) is 13.8. The number of hydrogen-bond acceptors (Lipinski definition) is 7. The van der Waals surface area contributed by atoms with Crippen LogP contribution in [0.3, 0.4) is 0 Å². The van der Waals surface area contributed by atoms with E-state index in [1.165, 1.54) is 11.0 Å². The van der Waals surface area contributed by atoms with Gasteiger partial charge in [0.25, 0.3) is 0 Å². The average Bonchev–Trinajstić information content (AvgIpc) is 3.18. The highest BCUT2D eigenvalue weighted by Crippen LogP contribution is 2.54. The molecule has 0 amide bonds. The lowest BCUT2D eigenvalue weighted by Gasteiger charge is -2.39. The van der Waals surface area contributed by atoms with Crippen LogP contribution in [0.2, 0.25) is 0 Å². The molecule has 29 heavy (non-hydrogen) atoms. The summed E-state index contributed by atoms with van der Waals surface area (Å²) in [7, 11) is 0. The van der Waals surface area contributed by atoms with E-state index < -0.39 is 4.92 Å².